The van der Waals surface area contributed by atoms with Gasteiger partial charge in [-0.05, 0) is 19.8 Å². The minimum absolute atomic E-state index is 0.0828. The van der Waals surface area contributed by atoms with Crippen LogP contribution in [0, 0.1) is 6.92 Å². The van der Waals surface area contributed by atoms with Crippen molar-refractivity contribution in [2.75, 3.05) is 11.1 Å². The molecule has 3 rings (SSSR count). The zero-order valence-corrected chi connectivity index (χ0v) is 17.1. The van der Waals surface area contributed by atoms with Crippen molar-refractivity contribution in [3.8, 4) is 0 Å². The summed E-state index contributed by atoms with van der Waals surface area (Å²) in [6.07, 6.45) is 1.88. The number of hydrogen-bond donors (Lipinski definition) is 1. The summed E-state index contributed by atoms with van der Waals surface area (Å²) in [5, 5.41) is 14.8. The van der Waals surface area contributed by atoms with Crippen LogP contribution >= 0.6 is 34.9 Å². The van der Waals surface area contributed by atoms with Gasteiger partial charge in [-0.1, -0.05) is 43.9 Å². The number of aromatic nitrogens is 4. The molecule has 2 atom stereocenters. The molecule has 1 aliphatic rings. The molecule has 134 valence electrons. The lowest BCUT2D eigenvalue weighted by atomic mass is 9.96. The number of thioether (sulfide) groups is 2. The third-order valence-corrected chi connectivity index (χ3v) is 7.23. The van der Waals surface area contributed by atoms with Crippen LogP contribution in [0.2, 0.25) is 0 Å². The molecule has 0 aromatic carbocycles. The van der Waals surface area contributed by atoms with Crippen molar-refractivity contribution >= 4 is 45.9 Å². The number of rotatable bonds is 6. The van der Waals surface area contributed by atoms with Crippen molar-refractivity contribution in [2.45, 2.75) is 61.8 Å². The molecule has 0 radical (unpaired) electrons. The van der Waals surface area contributed by atoms with Gasteiger partial charge in [-0.3, -0.25) is 10.1 Å². The van der Waals surface area contributed by atoms with Crippen LogP contribution in [0.4, 0.5) is 5.13 Å². The molecule has 1 aliphatic heterocycles. The Balaban J connectivity index is 1.70. The van der Waals surface area contributed by atoms with Gasteiger partial charge in [0.15, 0.2) is 0 Å². The van der Waals surface area contributed by atoms with Crippen molar-refractivity contribution in [2.24, 2.45) is 0 Å². The lowest BCUT2D eigenvalue weighted by Crippen LogP contribution is -2.15. The molecule has 0 saturated carbocycles. The van der Waals surface area contributed by atoms with E-state index >= 15 is 0 Å². The summed E-state index contributed by atoms with van der Waals surface area (Å²) in [6, 6.07) is 0. The lowest BCUT2D eigenvalue weighted by Gasteiger charge is -2.15. The third-order valence-electron chi connectivity index (χ3n) is 4.02. The number of nitrogens with one attached hydrogen (secondary N) is 1. The van der Waals surface area contributed by atoms with Gasteiger partial charge in [-0.15, -0.1) is 22.0 Å². The highest BCUT2D eigenvalue weighted by atomic mass is 32.2. The SMILES string of the molecule is CCc1nnc(NC(=O)CSc2nc(C)nc3c2[C@@H](CC)[C@H](C)S3)s1. The van der Waals surface area contributed by atoms with Gasteiger partial charge in [-0.2, -0.15) is 0 Å². The van der Waals surface area contributed by atoms with Gasteiger partial charge in [0.05, 0.1) is 5.75 Å². The van der Waals surface area contributed by atoms with Crippen LogP contribution in [0.3, 0.4) is 0 Å². The second-order valence-corrected chi connectivity index (χ2v) is 9.22. The van der Waals surface area contributed by atoms with Crippen LogP contribution in [0.15, 0.2) is 10.1 Å². The van der Waals surface area contributed by atoms with Crippen molar-refractivity contribution in [3.05, 3.63) is 16.4 Å². The van der Waals surface area contributed by atoms with E-state index in [1.165, 1.54) is 28.7 Å². The minimum atomic E-state index is -0.0828. The molecule has 1 N–H and O–H groups in total. The average molecular weight is 396 g/mol. The number of hydrogen-bond acceptors (Lipinski definition) is 8. The lowest BCUT2D eigenvalue weighted by molar-refractivity contribution is -0.113. The maximum Gasteiger partial charge on any atom is 0.236 e. The number of aryl methyl sites for hydroxylation is 2. The summed E-state index contributed by atoms with van der Waals surface area (Å²) < 4.78 is 0. The van der Waals surface area contributed by atoms with Gasteiger partial charge in [-0.25, -0.2) is 9.97 Å². The van der Waals surface area contributed by atoms with Gasteiger partial charge in [0.1, 0.15) is 20.9 Å². The number of anilines is 1. The molecule has 6 nitrogen and oxygen atoms in total. The molecule has 0 saturated heterocycles. The van der Waals surface area contributed by atoms with Crippen molar-refractivity contribution in [1.29, 1.82) is 0 Å². The van der Waals surface area contributed by atoms with Gasteiger partial charge in [0, 0.05) is 16.7 Å². The van der Waals surface area contributed by atoms with Crippen LogP contribution in [-0.2, 0) is 11.2 Å². The smallest absolute Gasteiger partial charge is 0.236 e. The summed E-state index contributed by atoms with van der Waals surface area (Å²) >= 11 is 4.71. The Morgan fingerprint density at radius 3 is 2.76 bits per heavy atom. The second kappa shape index (κ2) is 8.01. The molecule has 0 unspecified atom stereocenters. The summed E-state index contributed by atoms with van der Waals surface area (Å²) in [5.41, 5.74) is 1.22. The summed E-state index contributed by atoms with van der Waals surface area (Å²) in [4.78, 5) is 21.4. The maximum atomic E-state index is 12.2. The fourth-order valence-electron chi connectivity index (χ4n) is 2.81. The highest BCUT2D eigenvalue weighted by Crippen LogP contribution is 2.48. The van der Waals surface area contributed by atoms with Crippen LogP contribution in [0.1, 0.15) is 49.5 Å². The van der Waals surface area contributed by atoms with Gasteiger partial charge >= 0.3 is 0 Å². The maximum absolute atomic E-state index is 12.2. The predicted molar refractivity (Wildman–Crippen MR) is 104 cm³/mol. The van der Waals surface area contributed by atoms with Gasteiger partial charge < -0.3 is 0 Å². The molecular formula is C16H21N5OS3. The first-order valence-electron chi connectivity index (χ1n) is 8.32. The van der Waals surface area contributed by atoms with Crippen LogP contribution < -0.4 is 5.32 Å². The Labute approximate surface area is 160 Å². The Kier molecular flexibility index (Phi) is 5.96. The zero-order chi connectivity index (χ0) is 18.0. The Morgan fingerprint density at radius 2 is 2.08 bits per heavy atom. The molecule has 0 aliphatic carbocycles. The summed E-state index contributed by atoms with van der Waals surface area (Å²) in [6.45, 7) is 8.35. The average Bonchev–Trinajstić information content (AvgIpc) is 3.15. The second-order valence-electron chi connectivity index (χ2n) is 5.82. The fourth-order valence-corrected chi connectivity index (χ4v) is 5.92. The summed E-state index contributed by atoms with van der Waals surface area (Å²) in [7, 11) is 0. The molecule has 3 heterocycles. The third kappa shape index (κ3) is 4.15. The molecule has 9 heteroatoms. The quantitative estimate of drug-likeness (QED) is 0.586. The first-order chi connectivity index (χ1) is 12.0. The first kappa shape index (κ1) is 18.6. The van der Waals surface area contributed by atoms with E-state index in [-0.39, 0.29) is 5.91 Å². The molecule has 2 aromatic heterocycles. The zero-order valence-electron chi connectivity index (χ0n) is 14.7. The minimum Gasteiger partial charge on any atom is -0.300 e. The van der Waals surface area contributed by atoms with E-state index in [1.807, 2.05) is 25.6 Å². The van der Waals surface area contributed by atoms with Crippen LogP contribution in [-0.4, -0.2) is 37.1 Å². The number of amides is 1. The molecule has 2 aromatic rings. The van der Waals surface area contributed by atoms with Crippen molar-refractivity contribution in [1.82, 2.24) is 20.2 Å². The molecule has 0 fully saturated rings. The Hall–Kier alpha value is -1.19. The highest BCUT2D eigenvalue weighted by molar-refractivity contribution is 8.01. The van der Waals surface area contributed by atoms with Gasteiger partial charge in [0.25, 0.3) is 0 Å². The largest absolute Gasteiger partial charge is 0.300 e. The topological polar surface area (TPSA) is 80.7 Å². The molecule has 0 spiro atoms. The van der Waals surface area contributed by atoms with E-state index in [9.17, 15) is 4.79 Å². The van der Waals surface area contributed by atoms with E-state index in [2.05, 4.69) is 39.3 Å². The van der Waals surface area contributed by atoms with Crippen molar-refractivity contribution < 1.29 is 4.79 Å². The van der Waals surface area contributed by atoms with E-state index in [4.69, 9.17) is 0 Å². The molecular weight excluding hydrogens is 374 g/mol. The van der Waals surface area contributed by atoms with E-state index in [0.717, 1.165) is 33.7 Å². The number of carbonyl (C=O) groups excluding carboxylic acids is 1. The summed E-state index contributed by atoms with van der Waals surface area (Å²) in [5.74, 6) is 1.43. The van der Waals surface area contributed by atoms with E-state index in [0.29, 0.717) is 22.1 Å². The first-order valence-corrected chi connectivity index (χ1v) is 11.0. The van der Waals surface area contributed by atoms with E-state index < -0.39 is 0 Å². The van der Waals surface area contributed by atoms with E-state index in [1.54, 1.807) is 0 Å². The normalized spacial score (nSPS) is 19.0. The molecule has 25 heavy (non-hydrogen) atoms. The van der Waals surface area contributed by atoms with Crippen LogP contribution in [0.5, 0.6) is 0 Å². The Bertz CT molecular complexity index is 779. The van der Waals surface area contributed by atoms with Crippen molar-refractivity contribution in [3.63, 3.8) is 0 Å². The molecule has 0 bridgehead atoms. The highest BCUT2D eigenvalue weighted by Gasteiger charge is 2.33. The fraction of sp³-hybridized carbons (Fsp3) is 0.562. The number of nitrogens with zero attached hydrogens (tertiary/aromatic N) is 4. The predicted octanol–water partition coefficient (Wildman–Crippen LogP) is 3.92. The van der Waals surface area contributed by atoms with Gasteiger partial charge in [0.2, 0.25) is 11.0 Å². The number of carbonyl (C=O) groups is 1. The molecule has 1 amide bonds. The standard InChI is InChI=1S/C16H21N5OS3/c1-5-10-8(3)24-15-13(10)14(17-9(4)18-15)23-7-11(22)19-16-21-20-12(6-2)25-16/h8,10H,5-7H2,1-4H3,(H,19,21,22)/t8-,10-/m0/s1. The van der Waals surface area contributed by atoms with Crippen LogP contribution in [0.25, 0.3) is 0 Å². The number of fused-ring (bicyclic) bond motifs is 1. The monoisotopic (exact) mass is 395 g/mol. The Morgan fingerprint density at radius 1 is 1.28 bits per heavy atom.